The Kier molecular flexibility index (Phi) is 4.37. The Bertz CT molecular complexity index is 1350. The first-order valence-corrected chi connectivity index (χ1v) is 11.5. The fourth-order valence-corrected chi connectivity index (χ4v) is 6.65. The van der Waals surface area contributed by atoms with Gasteiger partial charge in [0.2, 0.25) is 5.92 Å². The molecule has 2 saturated carbocycles. The van der Waals surface area contributed by atoms with Crippen molar-refractivity contribution in [3.8, 4) is 0 Å². The zero-order valence-electron chi connectivity index (χ0n) is 18.4. The summed E-state index contributed by atoms with van der Waals surface area (Å²) in [6, 6.07) is 10.7. The number of nitrogens with zero attached hydrogens (tertiary/aromatic N) is 4. The fraction of sp³-hybridized carbons (Fsp3) is 0.360. The summed E-state index contributed by atoms with van der Waals surface area (Å²) < 4.78 is 29.3. The highest BCUT2D eigenvalue weighted by Crippen LogP contribution is 2.70. The number of halogens is 3. The summed E-state index contributed by atoms with van der Waals surface area (Å²) in [5, 5.41) is 8.77. The highest BCUT2D eigenvalue weighted by Gasteiger charge is 2.68. The summed E-state index contributed by atoms with van der Waals surface area (Å²) in [4.78, 5) is 26.1. The van der Waals surface area contributed by atoms with Gasteiger partial charge in [0.25, 0.3) is 5.91 Å². The van der Waals surface area contributed by atoms with Crippen molar-refractivity contribution in [1.29, 1.82) is 0 Å². The summed E-state index contributed by atoms with van der Waals surface area (Å²) in [6.45, 7) is 0.294. The molecule has 2 fully saturated rings. The number of alkyl halides is 2. The lowest BCUT2D eigenvalue weighted by Crippen LogP contribution is -2.61. The van der Waals surface area contributed by atoms with Gasteiger partial charge in [0.1, 0.15) is 18.4 Å². The second-order valence-electron chi connectivity index (χ2n) is 10.00. The second-order valence-corrected chi connectivity index (χ2v) is 10.4. The molecule has 1 spiro atoms. The molecule has 1 aliphatic heterocycles. The third-order valence-electron chi connectivity index (χ3n) is 7.62. The molecule has 0 saturated heterocycles. The monoisotopic (exact) mass is 482 g/mol. The molecule has 3 aliphatic rings. The van der Waals surface area contributed by atoms with Crippen molar-refractivity contribution in [1.82, 2.24) is 14.8 Å². The molecule has 1 amide bonds. The van der Waals surface area contributed by atoms with E-state index in [0.29, 0.717) is 53.1 Å². The molecule has 0 N–H and O–H groups in total. The van der Waals surface area contributed by atoms with Crippen LogP contribution in [0, 0.1) is 5.41 Å². The quantitative estimate of drug-likeness (QED) is 0.494. The number of carbonyl (C=O) groups is 2. The minimum atomic E-state index is -2.60. The highest BCUT2D eigenvalue weighted by atomic mass is 35.5. The second kappa shape index (κ2) is 6.95. The molecule has 0 radical (unpaired) electrons. The Balaban J connectivity index is 1.37. The molecule has 0 unspecified atom stereocenters. The smallest absolute Gasteiger partial charge is 0.259 e. The molecule has 1 aromatic heterocycles. The Morgan fingerprint density at radius 3 is 2.53 bits per heavy atom. The Morgan fingerprint density at radius 1 is 1.12 bits per heavy atom. The number of aldehydes is 1. The maximum atomic E-state index is 13.7. The molecular weight excluding hydrogens is 462 g/mol. The van der Waals surface area contributed by atoms with Crippen LogP contribution in [-0.2, 0) is 19.0 Å². The van der Waals surface area contributed by atoms with E-state index in [4.69, 9.17) is 11.6 Å². The summed E-state index contributed by atoms with van der Waals surface area (Å²) in [7, 11) is 1.86. The number of hydrogen-bond donors (Lipinski definition) is 0. The van der Waals surface area contributed by atoms with E-state index in [-0.39, 0.29) is 24.2 Å². The van der Waals surface area contributed by atoms with Crippen LogP contribution in [0.4, 0.5) is 14.5 Å². The van der Waals surface area contributed by atoms with Crippen molar-refractivity contribution in [2.75, 3.05) is 4.90 Å². The first-order chi connectivity index (χ1) is 16.2. The van der Waals surface area contributed by atoms with Gasteiger partial charge in [0, 0.05) is 47.3 Å². The van der Waals surface area contributed by atoms with E-state index in [1.54, 1.807) is 23.4 Å². The van der Waals surface area contributed by atoms with Crippen LogP contribution in [0.1, 0.15) is 63.4 Å². The summed E-state index contributed by atoms with van der Waals surface area (Å²) >= 11 is 6.35. The van der Waals surface area contributed by atoms with Gasteiger partial charge in [-0.15, -0.1) is 10.2 Å². The van der Waals surface area contributed by atoms with Crippen molar-refractivity contribution in [2.45, 2.75) is 43.6 Å². The molecule has 9 heteroatoms. The van der Waals surface area contributed by atoms with Crippen molar-refractivity contribution in [3.05, 3.63) is 75.8 Å². The van der Waals surface area contributed by atoms with E-state index in [0.717, 1.165) is 11.4 Å². The van der Waals surface area contributed by atoms with Gasteiger partial charge in [-0.05, 0) is 48.1 Å². The molecule has 6 nitrogen and oxygen atoms in total. The molecule has 0 bridgehead atoms. The van der Waals surface area contributed by atoms with Gasteiger partial charge in [-0.1, -0.05) is 23.7 Å². The Labute approximate surface area is 199 Å². The van der Waals surface area contributed by atoms with E-state index >= 15 is 0 Å². The summed E-state index contributed by atoms with van der Waals surface area (Å²) in [5.74, 6) is -2.09. The van der Waals surface area contributed by atoms with Crippen LogP contribution in [0.15, 0.2) is 42.7 Å². The van der Waals surface area contributed by atoms with Crippen LogP contribution in [0.2, 0.25) is 5.02 Å². The number of aromatic nitrogens is 3. The summed E-state index contributed by atoms with van der Waals surface area (Å²) in [5.41, 5.74) is 2.13. The SMILES string of the molecule is Cn1cnnc1C1(c2cccc(N3Cc4c(Cl)cc(C=O)cc4C3=O)c2)CC2(CC(F)(F)C2)C1. The van der Waals surface area contributed by atoms with Gasteiger partial charge in [0.05, 0.1) is 12.0 Å². The maximum Gasteiger partial charge on any atom is 0.259 e. The number of carbonyl (C=O) groups excluding carboxylic acids is 2. The highest BCUT2D eigenvalue weighted by molar-refractivity contribution is 6.33. The number of rotatable bonds is 4. The number of amides is 1. The first kappa shape index (κ1) is 21.4. The minimum absolute atomic E-state index is 0.100. The number of benzene rings is 2. The van der Waals surface area contributed by atoms with Crippen molar-refractivity contribution >= 4 is 29.5 Å². The average molecular weight is 483 g/mol. The summed E-state index contributed by atoms with van der Waals surface area (Å²) in [6.07, 6.45) is 3.22. The Morgan fingerprint density at radius 2 is 1.88 bits per heavy atom. The molecule has 2 aliphatic carbocycles. The van der Waals surface area contributed by atoms with Crippen LogP contribution in [0.25, 0.3) is 0 Å². The van der Waals surface area contributed by atoms with Gasteiger partial charge in [-0.25, -0.2) is 8.78 Å². The Hall–Kier alpha value is -3.13. The van der Waals surface area contributed by atoms with Crippen LogP contribution in [-0.4, -0.2) is 32.9 Å². The number of fused-ring (bicyclic) bond motifs is 1. The molecule has 2 heterocycles. The van der Waals surface area contributed by atoms with Gasteiger partial charge >= 0.3 is 0 Å². The maximum absolute atomic E-state index is 13.7. The van der Waals surface area contributed by atoms with E-state index < -0.39 is 11.3 Å². The van der Waals surface area contributed by atoms with Gasteiger partial charge in [-0.3, -0.25) is 9.59 Å². The standard InChI is InChI=1S/C25H21ClF2N4O2/c1-31-14-29-30-22(31)24(10-23(11-24)12-25(27,28)13-23)16-3-2-4-17(7-16)32-8-19-18(21(32)34)5-15(9-33)6-20(19)26/h2-7,9,14H,8,10-13H2,1H3. The molecule has 6 rings (SSSR count). The number of anilines is 1. The zero-order valence-corrected chi connectivity index (χ0v) is 19.1. The number of aryl methyl sites for hydroxylation is 1. The van der Waals surface area contributed by atoms with Crippen LogP contribution >= 0.6 is 11.6 Å². The van der Waals surface area contributed by atoms with E-state index in [1.165, 1.54) is 0 Å². The van der Waals surface area contributed by atoms with Crippen LogP contribution in [0.5, 0.6) is 0 Å². The minimum Gasteiger partial charge on any atom is -0.320 e. The average Bonchev–Trinajstić information content (AvgIpc) is 3.34. The zero-order chi connectivity index (χ0) is 23.9. The number of hydrogen-bond acceptors (Lipinski definition) is 4. The van der Waals surface area contributed by atoms with E-state index in [9.17, 15) is 18.4 Å². The molecule has 174 valence electrons. The van der Waals surface area contributed by atoms with Crippen LogP contribution in [0.3, 0.4) is 0 Å². The van der Waals surface area contributed by atoms with E-state index in [2.05, 4.69) is 10.2 Å². The normalized spacial score (nSPS) is 21.2. The molecular formula is C25H21ClF2N4O2. The molecule has 34 heavy (non-hydrogen) atoms. The molecule has 3 aromatic rings. The van der Waals surface area contributed by atoms with Gasteiger partial charge < -0.3 is 9.47 Å². The third-order valence-corrected chi connectivity index (χ3v) is 7.95. The predicted molar refractivity (Wildman–Crippen MR) is 121 cm³/mol. The fourth-order valence-electron chi connectivity index (χ4n) is 6.36. The lowest BCUT2D eigenvalue weighted by atomic mass is 9.42. The first-order valence-electron chi connectivity index (χ1n) is 11.1. The van der Waals surface area contributed by atoms with E-state index in [1.807, 2.05) is 35.9 Å². The lowest BCUT2D eigenvalue weighted by molar-refractivity contribution is -0.209. The molecule has 2 aromatic carbocycles. The molecule has 0 atom stereocenters. The van der Waals surface area contributed by atoms with Crippen molar-refractivity contribution in [2.24, 2.45) is 12.5 Å². The third kappa shape index (κ3) is 2.97. The topological polar surface area (TPSA) is 68.1 Å². The lowest BCUT2D eigenvalue weighted by Gasteiger charge is -2.62. The van der Waals surface area contributed by atoms with Gasteiger partial charge in [0.15, 0.2) is 0 Å². The van der Waals surface area contributed by atoms with Crippen molar-refractivity contribution in [3.63, 3.8) is 0 Å². The van der Waals surface area contributed by atoms with Gasteiger partial charge in [-0.2, -0.15) is 0 Å². The largest absolute Gasteiger partial charge is 0.320 e. The predicted octanol–water partition coefficient (Wildman–Crippen LogP) is 4.94. The van der Waals surface area contributed by atoms with Crippen LogP contribution < -0.4 is 4.90 Å². The van der Waals surface area contributed by atoms with Crippen molar-refractivity contribution < 1.29 is 18.4 Å².